The molecule has 0 aliphatic carbocycles. The number of nitrogens with one attached hydrogen (secondary N) is 2. The number of amides is 1. The summed E-state index contributed by atoms with van der Waals surface area (Å²) >= 11 is 1.61. The average molecular weight is 272 g/mol. The topological polar surface area (TPSA) is 41.1 Å². The van der Waals surface area contributed by atoms with E-state index in [4.69, 9.17) is 0 Å². The molecule has 19 heavy (non-hydrogen) atoms. The van der Waals surface area contributed by atoms with Gasteiger partial charge in [-0.15, -0.1) is 11.8 Å². The number of carbonyl (C=O) groups is 1. The molecule has 0 radical (unpaired) electrons. The van der Waals surface area contributed by atoms with Gasteiger partial charge in [0, 0.05) is 17.6 Å². The van der Waals surface area contributed by atoms with Crippen molar-refractivity contribution >= 4 is 29.0 Å². The molecule has 2 aromatic rings. The number of para-hydroxylation sites is 2. The van der Waals surface area contributed by atoms with Crippen molar-refractivity contribution in [2.45, 2.75) is 4.90 Å². The van der Waals surface area contributed by atoms with Gasteiger partial charge < -0.3 is 10.6 Å². The lowest BCUT2D eigenvalue weighted by Gasteiger charge is -2.11. The van der Waals surface area contributed by atoms with Crippen LogP contribution in [0.3, 0.4) is 0 Å². The highest BCUT2D eigenvalue weighted by molar-refractivity contribution is 7.98. The van der Waals surface area contributed by atoms with Gasteiger partial charge in [0.25, 0.3) is 5.91 Å². The van der Waals surface area contributed by atoms with Crippen LogP contribution in [0.1, 0.15) is 10.4 Å². The molecule has 0 aromatic heterocycles. The van der Waals surface area contributed by atoms with E-state index in [1.807, 2.05) is 61.8 Å². The normalized spacial score (nSPS) is 10.0. The third-order valence-corrected chi connectivity index (χ3v) is 3.59. The maximum atomic E-state index is 12.3. The Balaban J connectivity index is 2.26. The zero-order chi connectivity index (χ0) is 13.7. The van der Waals surface area contributed by atoms with Gasteiger partial charge in [0.15, 0.2) is 0 Å². The molecule has 4 heteroatoms. The highest BCUT2D eigenvalue weighted by atomic mass is 32.2. The second kappa shape index (κ2) is 6.29. The summed E-state index contributed by atoms with van der Waals surface area (Å²) in [6, 6.07) is 15.2. The van der Waals surface area contributed by atoms with E-state index in [-0.39, 0.29) is 5.91 Å². The number of benzene rings is 2. The van der Waals surface area contributed by atoms with Gasteiger partial charge in [-0.25, -0.2) is 0 Å². The highest BCUT2D eigenvalue weighted by Gasteiger charge is 2.11. The first kappa shape index (κ1) is 13.5. The molecule has 0 saturated heterocycles. The maximum absolute atomic E-state index is 12.3. The number of anilines is 2. The molecule has 2 aromatic carbocycles. The zero-order valence-corrected chi connectivity index (χ0v) is 11.8. The molecule has 0 fully saturated rings. The summed E-state index contributed by atoms with van der Waals surface area (Å²) in [6.45, 7) is 0. The Labute approximate surface area is 117 Å². The molecular weight excluding hydrogens is 256 g/mol. The molecule has 0 heterocycles. The zero-order valence-electron chi connectivity index (χ0n) is 10.9. The first-order valence-electron chi connectivity index (χ1n) is 5.97. The number of thioether (sulfide) groups is 1. The van der Waals surface area contributed by atoms with Crippen LogP contribution < -0.4 is 10.6 Å². The molecule has 2 N–H and O–H groups in total. The van der Waals surface area contributed by atoms with Crippen LogP contribution in [-0.2, 0) is 0 Å². The molecule has 0 atom stereocenters. The van der Waals surface area contributed by atoms with Crippen molar-refractivity contribution in [1.82, 2.24) is 0 Å². The van der Waals surface area contributed by atoms with Crippen LogP contribution >= 0.6 is 11.8 Å². The minimum absolute atomic E-state index is 0.105. The third-order valence-electron chi connectivity index (χ3n) is 2.80. The van der Waals surface area contributed by atoms with Crippen LogP contribution in [0.4, 0.5) is 11.4 Å². The van der Waals surface area contributed by atoms with Gasteiger partial charge in [0.1, 0.15) is 0 Å². The Morgan fingerprint density at radius 3 is 2.32 bits per heavy atom. The Hall–Kier alpha value is -1.94. The molecule has 0 saturated carbocycles. The lowest BCUT2D eigenvalue weighted by molar-refractivity contribution is 0.102. The second-order valence-corrected chi connectivity index (χ2v) is 4.80. The van der Waals surface area contributed by atoms with E-state index >= 15 is 0 Å². The lowest BCUT2D eigenvalue weighted by atomic mass is 10.1. The summed E-state index contributed by atoms with van der Waals surface area (Å²) in [6.07, 6.45) is 1.99. The number of rotatable bonds is 4. The van der Waals surface area contributed by atoms with Crippen molar-refractivity contribution in [3.05, 3.63) is 54.1 Å². The van der Waals surface area contributed by atoms with E-state index in [0.29, 0.717) is 5.56 Å². The monoisotopic (exact) mass is 272 g/mol. The third kappa shape index (κ3) is 3.09. The van der Waals surface area contributed by atoms with Crippen LogP contribution in [0.15, 0.2) is 53.4 Å². The molecule has 3 nitrogen and oxygen atoms in total. The average Bonchev–Trinajstić information content (AvgIpc) is 2.47. The predicted octanol–water partition coefficient (Wildman–Crippen LogP) is 3.70. The Morgan fingerprint density at radius 2 is 1.63 bits per heavy atom. The van der Waals surface area contributed by atoms with Gasteiger partial charge in [-0.2, -0.15) is 0 Å². The summed E-state index contributed by atoms with van der Waals surface area (Å²) in [5, 5.41) is 5.98. The lowest BCUT2D eigenvalue weighted by Crippen LogP contribution is -2.14. The minimum atomic E-state index is -0.105. The molecule has 0 bridgehead atoms. The van der Waals surface area contributed by atoms with Crippen LogP contribution in [0.5, 0.6) is 0 Å². The van der Waals surface area contributed by atoms with Gasteiger partial charge in [-0.05, 0) is 30.5 Å². The van der Waals surface area contributed by atoms with Gasteiger partial charge >= 0.3 is 0 Å². The Bertz CT molecular complexity index is 584. The highest BCUT2D eigenvalue weighted by Crippen LogP contribution is 2.25. The van der Waals surface area contributed by atoms with Crippen molar-refractivity contribution in [2.24, 2.45) is 0 Å². The van der Waals surface area contributed by atoms with Crippen molar-refractivity contribution < 1.29 is 4.79 Å². The molecule has 98 valence electrons. The molecule has 1 amide bonds. The fraction of sp³-hybridized carbons (Fsp3) is 0.133. The molecule has 0 unspecified atom stereocenters. The predicted molar refractivity (Wildman–Crippen MR) is 82.2 cm³/mol. The van der Waals surface area contributed by atoms with E-state index in [1.54, 1.807) is 11.8 Å². The van der Waals surface area contributed by atoms with Crippen molar-refractivity contribution in [3.63, 3.8) is 0 Å². The van der Waals surface area contributed by atoms with Crippen LogP contribution in [0.25, 0.3) is 0 Å². The summed E-state index contributed by atoms with van der Waals surface area (Å²) in [5.74, 6) is -0.105. The summed E-state index contributed by atoms with van der Waals surface area (Å²) < 4.78 is 0. The standard InChI is InChI=1S/C15H16N2OS/c1-16-12-8-4-3-7-11(12)15(18)17-13-9-5-6-10-14(13)19-2/h3-10,16H,1-2H3,(H,17,18). The summed E-state index contributed by atoms with van der Waals surface area (Å²) in [7, 11) is 1.81. The number of hydrogen-bond donors (Lipinski definition) is 2. The summed E-state index contributed by atoms with van der Waals surface area (Å²) in [4.78, 5) is 13.4. The quantitative estimate of drug-likeness (QED) is 0.834. The Morgan fingerprint density at radius 1 is 1.00 bits per heavy atom. The molecule has 0 aliphatic rings. The van der Waals surface area contributed by atoms with Gasteiger partial charge in [-0.3, -0.25) is 4.79 Å². The fourth-order valence-corrected chi connectivity index (χ4v) is 2.39. The van der Waals surface area contributed by atoms with Gasteiger partial charge in [0.05, 0.1) is 11.3 Å². The van der Waals surface area contributed by atoms with Crippen molar-refractivity contribution in [3.8, 4) is 0 Å². The Kier molecular flexibility index (Phi) is 4.47. The van der Waals surface area contributed by atoms with E-state index in [9.17, 15) is 4.79 Å². The van der Waals surface area contributed by atoms with E-state index in [1.165, 1.54) is 0 Å². The van der Waals surface area contributed by atoms with Crippen LogP contribution in [0.2, 0.25) is 0 Å². The smallest absolute Gasteiger partial charge is 0.257 e. The number of hydrogen-bond acceptors (Lipinski definition) is 3. The molecular formula is C15H16N2OS. The van der Waals surface area contributed by atoms with Crippen LogP contribution in [-0.4, -0.2) is 19.2 Å². The van der Waals surface area contributed by atoms with E-state index < -0.39 is 0 Å². The van der Waals surface area contributed by atoms with Crippen molar-refractivity contribution in [2.75, 3.05) is 23.9 Å². The second-order valence-electron chi connectivity index (χ2n) is 3.95. The molecule has 0 spiro atoms. The first-order valence-corrected chi connectivity index (χ1v) is 7.20. The van der Waals surface area contributed by atoms with Gasteiger partial charge in [0.2, 0.25) is 0 Å². The van der Waals surface area contributed by atoms with E-state index in [0.717, 1.165) is 16.3 Å². The maximum Gasteiger partial charge on any atom is 0.257 e. The van der Waals surface area contributed by atoms with Crippen molar-refractivity contribution in [1.29, 1.82) is 0 Å². The van der Waals surface area contributed by atoms with E-state index in [2.05, 4.69) is 10.6 Å². The number of carbonyl (C=O) groups excluding carboxylic acids is 1. The first-order chi connectivity index (χ1) is 9.26. The largest absolute Gasteiger partial charge is 0.387 e. The SMILES string of the molecule is CNc1ccccc1C(=O)Nc1ccccc1SC. The minimum Gasteiger partial charge on any atom is -0.387 e. The molecule has 0 aliphatic heterocycles. The van der Waals surface area contributed by atoms with Gasteiger partial charge in [-0.1, -0.05) is 24.3 Å². The fourth-order valence-electron chi connectivity index (χ4n) is 1.84. The van der Waals surface area contributed by atoms with Crippen LogP contribution in [0, 0.1) is 0 Å². The molecule has 2 rings (SSSR count). The summed E-state index contributed by atoms with van der Waals surface area (Å²) in [5.41, 5.74) is 2.30.